The smallest absolute Gasteiger partial charge is 0.0372 e. The van der Waals surface area contributed by atoms with E-state index in [4.69, 9.17) is 5.73 Å². The first-order valence-corrected chi connectivity index (χ1v) is 3.85. The molecular weight excluding hydrogens is 122 g/mol. The Morgan fingerprint density at radius 1 is 1.70 bits per heavy atom. The molecule has 1 saturated carbocycles. The highest BCUT2D eigenvalue weighted by molar-refractivity contribution is 5.26. The third kappa shape index (κ3) is 0.739. The molecule has 0 spiro atoms. The van der Waals surface area contributed by atoms with Crippen LogP contribution in [-0.4, -0.2) is 5.54 Å². The lowest BCUT2D eigenvalue weighted by molar-refractivity contribution is 0.558. The van der Waals surface area contributed by atoms with Crippen molar-refractivity contribution in [3.05, 3.63) is 24.8 Å². The number of nitrogens with two attached hydrogens (primary N) is 1. The standard InChI is InChI=1S/C9H13N/c1-2-7-3-4-9(10)6-8(9)5-7/h2-4,7-8H,1,5-6,10H2/t7?,8?,9-/m1/s1. The van der Waals surface area contributed by atoms with Gasteiger partial charge in [-0.25, -0.2) is 0 Å². The third-order valence-corrected chi connectivity index (χ3v) is 2.71. The molecule has 2 rings (SSSR count). The molecule has 1 nitrogen and oxygen atoms in total. The van der Waals surface area contributed by atoms with E-state index in [1.54, 1.807) is 0 Å². The Balaban J connectivity index is 2.14. The summed E-state index contributed by atoms with van der Waals surface area (Å²) in [5, 5.41) is 0. The fraction of sp³-hybridized carbons (Fsp3) is 0.556. The van der Waals surface area contributed by atoms with Crippen LogP contribution in [0, 0.1) is 11.8 Å². The maximum atomic E-state index is 5.95. The molecule has 0 aliphatic heterocycles. The van der Waals surface area contributed by atoms with Gasteiger partial charge in [-0.1, -0.05) is 18.2 Å². The highest BCUT2D eigenvalue weighted by Crippen LogP contribution is 2.49. The molecule has 2 N–H and O–H groups in total. The predicted molar refractivity (Wildman–Crippen MR) is 42.5 cm³/mol. The van der Waals surface area contributed by atoms with Gasteiger partial charge in [-0.15, -0.1) is 6.58 Å². The number of allylic oxidation sites excluding steroid dienone is 2. The summed E-state index contributed by atoms with van der Waals surface area (Å²) >= 11 is 0. The Hall–Kier alpha value is -0.560. The second kappa shape index (κ2) is 1.73. The van der Waals surface area contributed by atoms with Crippen LogP contribution in [0.15, 0.2) is 24.8 Å². The molecule has 0 bridgehead atoms. The van der Waals surface area contributed by atoms with Crippen molar-refractivity contribution in [3.8, 4) is 0 Å². The van der Waals surface area contributed by atoms with Gasteiger partial charge in [-0.05, 0) is 24.7 Å². The molecule has 0 aromatic heterocycles. The van der Waals surface area contributed by atoms with Gasteiger partial charge in [0.05, 0.1) is 0 Å². The first-order chi connectivity index (χ1) is 4.74. The normalized spacial score (nSPS) is 50.1. The Kier molecular flexibility index (Phi) is 1.07. The predicted octanol–water partition coefficient (Wildman–Crippen LogP) is 1.47. The molecule has 1 fully saturated rings. The number of hydrogen-bond donors (Lipinski definition) is 1. The summed E-state index contributed by atoms with van der Waals surface area (Å²) in [5.74, 6) is 1.34. The molecule has 54 valence electrons. The van der Waals surface area contributed by atoms with E-state index in [0.717, 1.165) is 5.92 Å². The number of fused-ring (bicyclic) bond motifs is 1. The lowest BCUT2D eigenvalue weighted by Gasteiger charge is -2.15. The Morgan fingerprint density at radius 2 is 2.50 bits per heavy atom. The zero-order chi connectivity index (χ0) is 7.19. The molecule has 0 aromatic carbocycles. The summed E-state index contributed by atoms with van der Waals surface area (Å²) in [6, 6.07) is 0. The zero-order valence-electron chi connectivity index (χ0n) is 6.09. The Labute approximate surface area is 61.6 Å². The van der Waals surface area contributed by atoms with Gasteiger partial charge in [-0.3, -0.25) is 0 Å². The van der Waals surface area contributed by atoms with E-state index in [0.29, 0.717) is 5.92 Å². The monoisotopic (exact) mass is 135 g/mol. The molecule has 0 heterocycles. The van der Waals surface area contributed by atoms with E-state index in [2.05, 4.69) is 18.7 Å². The summed E-state index contributed by atoms with van der Waals surface area (Å²) in [6.07, 6.45) is 8.77. The van der Waals surface area contributed by atoms with E-state index < -0.39 is 0 Å². The first-order valence-electron chi connectivity index (χ1n) is 3.85. The Bertz CT molecular complexity index is 195. The van der Waals surface area contributed by atoms with Crippen molar-refractivity contribution in [2.45, 2.75) is 18.4 Å². The highest BCUT2D eigenvalue weighted by Gasteiger charge is 2.50. The minimum atomic E-state index is 0.0967. The van der Waals surface area contributed by atoms with Crippen molar-refractivity contribution in [1.82, 2.24) is 0 Å². The average molecular weight is 135 g/mol. The van der Waals surface area contributed by atoms with Gasteiger partial charge in [0, 0.05) is 5.54 Å². The van der Waals surface area contributed by atoms with Gasteiger partial charge in [0.1, 0.15) is 0 Å². The summed E-state index contributed by atoms with van der Waals surface area (Å²) in [5.41, 5.74) is 6.04. The van der Waals surface area contributed by atoms with Gasteiger partial charge in [-0.2, -0.15) is 0 Å². The largest absolute Gasteiger partial charge is 0.322 e. The van der Waals surface area contributed by atoms with E-state index in [1.165, 1.54) is 12.8 Å². The van der Waals surface area contributed by atoms with Crippen molar-refractivity contribution >= 4 is 0 Å². The minimum Gasteiger partial charge on any atom is -0.322 e. The van der Waals surface area contributed by atoms with Gasteiger partial charge in [0.15, 0.2) is 0 Å². The highest BCUT2D eigenvalue weighted by atomic mass is 14.9. The van der Waals surface area contributed by atoms with Crippen LogP contribution in [0.4, 0.5) is 0 Å². The topological polar surface area (TPSA) is 26.0 Å². The molecule has 1 heteroatoms. The third-order valence-electron chi connectivity index (χ3n) is 2.71. The number of rotatable bonds is 1. The van der Waals surface area contributed by atoms with Crippen molar-refractivity contribution < 1.29 is 0 Å². The van der Waals surface area contributed by atoms with E-state index in [9.17, 15) is 0 Å². The number of hydrogen-bond acceptors (Lipinski definition) is 1. The van der Waals surface area contributed by atoms with Crippen LogP contribution >= 0.6 is 0 Å². The second-order valence-corrected chi connectivity index (χ2v) is 3.51. The lowest BCUT2D eigenvalue weighted by Crippen LogP contribution is -2.25. The average Bonchev–Trinajstić information content (AvgIpc) is 2.59. The van der Waals surface area contributed by atoms with Crippen LogP contribution in [-0.2, 0) is 0 Å². The van der Waals surface area contributed by atoms with Crippen LogP contribution in [0.1, 0.15) is 12.8 Å². The minimum absolute atomic E-state index is 0.0967. The molecule has 0 saturated heterocycles. The molecular formula is C9H13N. The molecule has 2 unspecified atom stereocenters. The van der Waals surface area contributed by atoms with E-state index in [1.807, 2.05) is 6.08 Å². The SMILES string of the molecule is C=CC1C=C[C@@]2(N)CC2C1. The molecule has 0 aromatic rings. The first kappa shape index (κ1) is 6.17. The summed E-state index contributed by atoms with van der Waals surface area (Å²) in [4.78, 5) is 0. The van der Waals surface area contributed by atoms with Crippen molar-refractivity contribution in [3.63, 3.8) is 0 Å². The molecule has 2 aliphatic carbocycles. The fourth-order valence-electron chi connectivity index (χ4n) is 1.76. The summed E-state index contributed by atoms with van der Waals surface area (Å²) < 4.78 is 0. The second-order valence-electron chi connectivity index (χ2n) is 3.51. The lowest BCUT2D eigenvalue weighted by atomic mass is 9.94. The van der Waals surface area contributed by atoms with E-state index in [-0.39, 0.29) is 5.54 Å². The van der Waals surface area contributed by atoms with Crippen molar-refractivity contribution in [2.75, 3.05) is 0 Å². The Morgan fingerprint density at radius 3 is 3.10 bits per heavy atom. The van der Waals surface area contributed by atoms with Gasteiger partial charge in [0.2, 0.25) is 0 Å². The van der Waals surface area contributed by atoms with Gasteiger partial charge >= 0.3 is 0 Å². The van der Waals surface area contributed by atoms with Crippen molar-refractivity contribution in [1.29, 1.82) is 0 Å². The fourth-order valence-corrected chi connectivity index (χ4v) is 1.76. The molecule has 10 heavy (non-hydrogen) atoms. The van der Waals surface area contributed by atoms with Crippen molar-refractivity contribution in [2.24, 2.45) is 17.6 Å². The van der Waals surface area contributed by atoms with Gasteiger partial charge in [0.25, 0.3) is 0 Å². The molecule has 3 atom stereocenters. The summed E-state index contributed by atoms with van der Waals surface area (Å²) in [6.45, 7) is 3.77. The summed E-state index contributed by atoms with van der Waals surface area (Å²) in [7, 11) is 0. The van der Waals surface area contributed by atoms with Crippen LogP contribution in [0.25, 0.3) is 0 Å². The van der Waals surface area contributed by atoms with Crippen LogP contribution in [0.3, 0.4) is 0 Å². The molecule has 0 radical (unpaired) electrons. The van der Waals surface area contributed by atoms with Crippen LogP contribution in [0.2, 0.25) is 0 Å². The quantitative estimate of drug-likeness (QED) is 0.541. The maximum Gasteiger partial charge on any atom is 0.0372 e. The zero-order valence-corrected chi connectivity index (χ0v) is 6.09. The van der Waals surface area contributed by atoms with Crippen LogP contribution in [0.5, 0.6) is 0 Å². The van der Waals surface area contributed by atoms with E-state index >= 15 is 0 Å². The molecule has 0 amide bonds. The van der Waals surface area contributed by atoms with Crippen LogP contribution < -0.4 is 5.73 Å². The molecule has 2 aliphatic rings. The van der Waals surface area contributed by atoms with Gasteiger partial charge < -0.3 is 5.73 Å². The maximum absolute atomic E-state index is 5.95.